The Bertz CT molecular complexity index is 257. The molecule has 14 heavy (non-hydrogen) atoms. The Morgan fingerprint density at radius 2 is 1.71 bits per heavy atom. The molecule has 1 unspecified atom stereocenters. The first-order valence-corrected chi connectivity index (χ1v) is 5.13. The largest absolute Gasteiger partial charge is 0.369 e. The van der Waals surface area contributed by atoms with Crippen LogP contribution in [-0.4, -0.2) is 16.5 Å². The maximum atomic E-state index is 10.3. The van der Waals surface area contributed by atoms with Crippen molar-refractivity contribution < 1.29 is 5.11 Å². The molecule has 3 nitrogen and oxygen atoms in total. The zero-order valence-electron chi connectivity index (χ0n) is 10.1. The first kappa shape index (κ1) is 11.5. The smallest absolute Gasteiger partial charge is 0.160 e. The molecule has 0 saturated heterocycles. The van der Waals surface area contributed by atoms with Crippen molar-refractivity contribution in [2.45, 2.75) is 53.7 Å². The van der Waals surface area contributed by atoms with Crippen molar-refractivity contribution in [2.24, 2.45) is 15.9 Å². The predicted molar refractivity (Wildman–Crippen MR) is 59.0 cm³/mol. The Labute approximate surface area is 86.6 Å². The van der Waals surface area contributed by atoms with E-state index < -0.39 is 5.72 Å². The van der Waals surface area contributed by atoms with E-state index in [1.54, 1.807) is 0 Å². The van der Waals surface area contributed by atoms with Crippen molar-refractivity contribution in [3.05, 3.63) is 0 Å². The van der Waals surface area contributed by atoms with E-state index >= 15 is 0 Å². The summed E-state index contributed by atoms with van der Waals surface area (Å²) in [6.45, 7) is 12.4. The second kappa shape index (κ2) is 2.96. The second-order valence-electron chi connectivity index (χ2n) is 6.21. The van der Waals surface area contributed by atoms with Gasteiger partial charge in [-0.25, -0.2) is 0 Å². The van der Waals surface area contributed by atoms with Gasteiger partial charge < -0.3 is 5.11 Å². The molecule has 1 atom stereocenters. The lowest BCUT2D eigenvalue weighted by Gasteiger charge is -2.36. The minimum atomic E-state index is -0.893. The average Bonchev–Trinajstić information content (AvgIpc) is 2.29. The fourth-order valence-corrected chi connectivity index (χ4v) is 1.35. The number of rotatable bonds is 0. The van der Waals surface area contributed by atoms with Crippen LogP contribution in [0.3, 0.4) is 0 Å². The van der Waals surface area contributed by atoms with Crippen molar-refractivity contribution in [3.8, 4) is 0 Å². The van der Waals surface area contributed by atoms with E-state index in [4.69, 9.17) is 0 Å². The summed E-state index contributed by atoms with van der Waals surface area (Å²) in [6.07, 6.45) is 0.611. The van der Waals surface area contributed by atoms with Gasteiger partial charge in [0.15, 0.2) is 5.72 Å². The molecule has 0 aromatic carbocycles. The third kappa shape index (κ3) is 1.92. The highest BCUT2D eigenvalue weighted by molar-refractivity contribution is 5.91. The van der Waals surface area contributed by atoms with Gasteiger partial charge in [-0.1, -0.05) is 41.5 Å². The molecule has 0 spiro atoms. The van der Waals surface area contributed by atoms with Crippen LogP contribution in [0.2, 0.25) is 0 Å². The molecule has 0 aromatic rings. The summed E-state index contributed by atoms with van der Waals surface area (Å²) in [4.78, 5) is 0. The third-order valence-electron chi connectivity index (χ3n) is 2.91. The molecule has 1 heterocycles. The molecule has 1 rings (SSSR count). The van der Waals surface area contributed by atoms with Crippen molar-refractivity contribution in [1.29, 1.82) is 0 Å². The van der Waals surface area contributed by atoms with Crippen molar-refractivity contribution in [1.82, 2.24) is 5.43 Å². The molecule has 82 valence electrons. The van der Waals surface area contributed by atoms with Crippen LogP contribution in [-0.2, 0) is 0 Å². The monoisotopic (exact) mass is 198 g/mol. The van der Waals surface area contributed by atoms with Crippen molar-refractivity contribution >= 4 is 5.71 Å². The first-order valence-electron chi connectivity index (χ1n) is 5.13. The molecule has 0 aromatic heterocycles. The van der Waals surface area contributed by atoms with E-state index in [-0.39, 0.29) is 10.8 Å². The first-order chi connectivity index (χ1) is 6.06. The lowest BCUT2D eigenvalue weighted by atomic mass is 9.77. The summed E-state index contributed by atoms with van der Waals surface area (Å²) < 4.78 is 0. The van der Waals surface area contributed by atoms with Gasteiger partial charge in [-0.3, -0.25) is 5.43 Å². The van der Waals surface area contributed by atoms with E-state index in [0.717, 1.165) is 5.71 Å². The number of nitrogens with zero attached hydrogens (tertiary/aromatic N) is 1. The third-order valence-corrected chi connectivity index (χ3v) is 2.91. The maximum Gasteiger partial charge on any atom is 0.160 e. The van der Waals surface area contributed by atoms with E-state index in [1.807, 2.05) is 20.8 Å². The zero-order chi connectivity index (χ0) is 11.2. The van der Waals surface area contributed by atoms with E-state index in [0.29, 0.717) is 6.42 Å². The summed E-state index contributed by atoms with van der Waals surface area (Å²) in [6, 6.07) is 0. The molecule has 1 aliphatic heterocycles. The Hall–Kier alpha value is -0.570. The number of hydrogen-bond donors (Lipinski definition) is 2. The van der Waals surface area contributed by atoms with Gasteiger partial charge >= 0.3 is 0 Å². The van der Waals surface area contributed by atoms with Crippen LogP contribution >= 0.6 is 0 Å². The molecule has 3 heteroatoms. The molecular formula is C11H22N2O. The highest BCUT2D eigenvalue weighted by Gasteiger charge is 2.46. The molecule has 1 aliphatic rings. The van der Waals surface area contributed by atoms with Crippen LogP contribution in [0, 0.1) is 10.8 Å². The zero-order valence-corrected chi connectivity index (χ0v) is 10.1. The molecule has 0 fully saturated rings. The second-order valence-corrected chi connectivity index (χ2v) is 6.21. The Morgan fingerprint density at radius 3 is 1.93 bits per heavy atom. The highest BCUT2D eigenvalue weighted by atomic mass is 16.3. The summed E-state index contributed by atoms with van der Waals surface area (Å²) in [7, 11) is 0. The van der Waals surface area contributed by atoms with Gasteiger partial charge in [-0.2, -0.15) is 5.10 Å². The topological polar surface area (TPSA) is 44.6 Å². The predicted octanol–water partition coefficient (Wildman–Crippen LogP) is 2.12. The molecule has 0 amide bonds. The maximum absolute atomic E-state index is 10.3. The number of hydrazone groups is 1. The molecule has 0 saturated carbocycles. The quantitative estimate of drug-likeness (QED) is 0.626. The summed E-state index contributed by atoms with van der Waals surface area (Å²) in [5.41, 5.74) is 2.84. The van der Waals surface area contributed by atoms with Gasteiger partial charge in [0.1, 0.15) is 0 Å². The lowest BCUT2D eigenvalue weighted by molar-refractivity contribution is -0.0722. The van der Waals surface area contributed by atoms with Gasteiger partial charge in [0.05, 0.1) is 0 Å². The average molecular weight is 198 g/mol. The minimum absolute atomic E-state index is 0.0305. The van der Waals surface area contributed by atoms with Gasteiger partial charge in [0, 0.05) is 23.0 Å². The summed E-state index contributed by atoms with van der Waals surface area (Å²) in [5.74, 6) is 0. The number of aliphatic hydroxyl groups is 1. The highest BCUT2D eigenvalue weighted by Crippen LogP contribution is 2.37. The molecule has 0 bridgehead atoms. The van der Waals surface area contributed by atoms with Crippen LogP contribution in [0.1, 0.15) is 48.0 Å². The van der Waals surface area contributed by atoms with Gasteiger partial charge in [-0.05, 0) is 0 Å². The number of hydrogen-bond acceptors (Lipinski definition) is 3. The fourth-order valence-electron chi connectivity index (χ4n) is 1.35. The summed E-state index contributed by atoms with van der Waals surface area (Å²) in [5, 5.41) is 14.6. The summed E-state index contributed by atoms with van der Waals surface area (Å²) >= 11 is 0. The van der Waals surface area contributed by atoms with E-state index in [2.05, 4.69) is 31.3 Å². The van der Waals surface area contributed by atoms with Crippen LogP contribution in [0.25, 0.3) is 0 Å². The van der Waals surface area contributed by atoms with Crippen LogP contribution in [0.4, 0.5) is 0 Å². The Kier molecular flexibility index (Phi) is 2.43. The standard InChI is InChI=1S/C11H22N2O/c1-9(2,3)8-7-11(14,13-12-8)10(4,5)6/h13-14H,7H2,1-6H3. The van der Waals surface area contributed by atoms with Crippen LogP contribution in [0.15, 0.2) is 5.10 Å². The van der Waals surface area contributed by atoms with Crippen molar-refractivity contribution in [3.63, 3.8) is 0 Å². The molecular weight excluding hydrogens is 176 g/mol. The molecule has 2 N–H and O–H groups in total. The lowest BCUT2D eigenvalue weighted by Crippen LogP contribution is -2.50. The number of nitrogens with one attached hydrogen (secondary N) is 1. The SMILES string of the molecule is CC(C)(C)C1=NNC(O)(C(C)(C)C)C1. The van der Waals surface area contributed by atoms with Crippen molar-refractivity contribution in [2.75, 3.05) is 0 Å². The van der Waals surface area contributed by atoms with Gasteiger partial charge in [0.2, 0.25) is 0 Å². The Balaban J connectivity index is 2.81. The van der Waals surface area contributed by atoms with Crippen LogP contribution in [0.5, 0.6) is 0 Å². The van der Waals surface area contributed by atoms with Gasteiger partial charge in [-0.15, -0.1) is 0 Å². The van der Waals surface area contributed by atoms with Gasteiger partial charge in [0.25, 0.3) is 0 Å². The normalized spacial score (nSPS) is 28.6. The fraction of sp³-hybridized carbons (Fsp3) is 0.909. The van der Waals surface area contributed by atoms with E-state index in [1.165, 1.54) is 0 Å². The van der Waals surface area contributed by atoms with Crippen LogP contribution < -0.4 is 5.43 Å². The minimum Gasteiger partial charge on any atom is -0.369 e. The molecule has 0 aliphatic carbocycles. The van der Waals surface area contributed by atoms with E-state index in [9.17, 15) is 5.11 Å². The molecule has 0 radical (unpaired) electrons. The Morgan fingerprint density at radius 1 is 1.21 bits per heavy atom.